The maximum absolute atomic E-state index is 4.68. The summed E-state index contributed by atoms with van der Waals surface area (Å²) in [7, 11) is 0. The number of hydrogen-bond donors (Lipinski definition) is 1. The van der Waals surface area contributed by atoms with E-state index in [1.165, 1.54) is 34.9 Å². The van der Waals surface area contributed by atoms with Crippen LogP contribution in [0.5, 0.6) is 0 Å². The van der Waals surface area contributed by atoms with Gasteiger partial charge in [-0.05, 0) is 45.2 Å². The van der Waals surface area contributed by atoms with Crippen LogP contribution in [0.4, 0.5) is 11.5 Å². The predicted octanol–water partition coefficient (Wildman–Crippen LogP) is 3.96. The molecule has 1 aliphatic rings. The molecule has 1 aromatic heterocycles. The fourth-order valence-electron chi connectivity index (χ4n) is 2.80. The van der Waals surface area contributed by atoms with Gasteiger partial charge in [-0.2, -0.15) is 0 Å². The normalized spacial score (nSPS) is 14.6. The number of benzene rings is 1. The average molecular weight is 269 g/mol. The minimum Gasteiger partial charge on any atom is -0.382 e. The van der Waals surface area contributed by atoms with Gasteiger partial charge < -0.3 is 10.2 Å². The fraction of sp³-hybridized carbons (Fsp3) is 0.471. The zero-order valence-corrected chi connectivity index (χ0v) is 12.6. The van der Waals surface area contributed by atoms with Crippen molar-refractivity contribution in [2.24, 2.45) is 0 Å². The molecule has 0 atom stereocenters. The molecule has 0 saturated heterocycles. The van der Waals surface area contributed by atoms with Crippen molar-refractivity contribution in [2.45, 2.75) is 39.7 Å². The minimum atomic E-state index is 0.671. The summed E-state index contributed by atoms with van der Waals surface area (Å²) in [6.07, 6.45) is 4.60. The van der Waals surface area contributed by atoms with Crippen LogP contribution in [0.25, 0.3) is 10.8 Å². The standard InChI is InChI=1S/C17H23N3/c1-4-20(5-2)17-14-7-6-8-15(19-13-9-10-13)16(14)12(3)11-18-17/h6-8,11,13,19H,4-5,9-10H2,1-3H3. The van der Waals surface area contributed by atoms with Crippen molar-refractivity contribution in [1.82, 2.24) is 4.98 Å². The average Bonchev–Trinajstić information content (AvgIpc) is 3.26. The Kier molecular flexibility index (Phi) is 3.51. The first kappa shape index (κ1) is 13.2. The van der Waals surface area contributed by atoms with Gasteiger partial charge in [-0.1, -0.05) is 12.1 Å². The van der Waals surface area contributed by atoms with Crippen molar-refractivity contribution in [3.63, 3.8) is 0 Å². The van der Waals surface area contributed by atoms with Gasteiger partial charge in [0, 0.05) is 41.8 Å². The van der Waals surface area contributed by atoms with Crippen LogP contribution < -0.4 is 10.2 Å². The molecule has 3 rings (SSSR count). The molecular weight excluding hydrogens is 246 g/mol. The number of nitrogens with one attached hydrogen (secondary N) is 1. The molecular formula is C17H23N3. The number of nitrogens with zero attached hydrogens (tertiary/aromatic N) is 2. The first-order valence-electron chi connectivity index (χ1n) is 7.64. The third-order valence-electron chi connectivity index (χ3n) is 4.08. The third-order valence-corrected chi connectivity index (χ3v) is 4.08. The maximum atomic E-state index is 4.68. The van der Waals surface area contributed by atoms with Gasteiger partial charge in [-0.15, -0.1) is 0 Å². The number of aromatic nitrogens is 1. The number of rotatable bonds is 5. The van der Waals surface area contributed by atoms with Crippen LogP contribution in [-0.2, 0) is 0 Å². The van der Waals surface area contributed by atoms with Crippen molar-refractivity contribution in [3.05, 3.63) is 30.0 Å². The maximum Gasteiger partial charge on any atom is 0.136 e. The molecule has 0 aliphatic heterocycles. The zero-order valence-electron chi connectivity index (χ0n) is 12.6. The summed E-state index contributed by atoms with van der Waals surface area (Å²) in [4.78, 5) is 7.00. The Balaban J connectivity index is 2.16. The van der Waals surface area contributed by atoms with Gasteiger partial charge in [0.25, 0.3) is 0 Å². The first-order valence-corrected chi connectivity index (χ1v) is 7.64. The topological polar surface area (TPSA) is 28.2 Å². The molecule has 1 N–H and O–H groups in total. The summed E-state index contributed by atoms with van der Waals surface area (Å²) in [5.74, 6) is 1.11. The van der Waals surface area contributed by atoms with E-state index in [-0.39, 0.29) is 0 Å². The Morgan fingerprint density at radius 3 is 2.65 bits per heavy atom. The molecule has 1 saturated carbocycles. The van der Waals surface area contributed by atoms with Gasteiger partial charge in [0.1, 0.15) is 5.82 Å². The Morgan fingerprint density at radius 1 is 1.25 bits per heavy atom. The highest BCUT2D eigenvalue weighted by Gasteiger charge is 2.22. The molecule has 0 amide bonds. The molecule has 1 fully saturated rings. The molecule has 0 bridgehead atoms. The lowest BCUT2D eigenvalue weighted by atomic mass is 10.1. The van der Waals surface area contributed by atoms with Gasteiger partial charge in [-0.25, -0.2) is 4.98 Å². The summed E-state index contributed by atoms with van der Waals surface area (Å²) in [5, 5.41) is 6.25. The second kappa shape index (κ2) is 5.31. The van der Waals surface area contributed by atoms with Crippen LogP contribution in [0.3, 0.4) is 0 Å². The van der Waals surface area contributed by atoms with Crippen molar-refractivity contribution >= 4 is 22.3 Å². The summed E-state index contributed by atoms with van der Waals surface area (Å²) < 4.78 is 0. The predicted molar refractivity (Wildman–Crippen MR) is 86.7 cm³/mol. The molecule has 20 heavy (non-hydrogen) atoms. The summed E-state index contributed by atoms with van der Waals surface area (Å²) >= 11 is 0. The van der Waals surface area contributed by atoms with E-state index in [0.717, 1.165) is 18.9 Å². The van der Waals surface area contributed by atoms with E-state index in [2.05, 4.69) is 54.2 Å². The summed E-state index contributed by atoms with van der Waals surface area (Å²) in [5.41, 5.74) is 2.51. The lowest BCUT2D eigenvalue weighted by molar-refractivity contribution is 0.851. The van der Waals surface area contributed by atoms with Crippen LogP contribution in [0, 0.1) is 6.92 Å². The number of pyridine rings is 1. The lowest BCUT2D eigenvalue weighted by Gasteiger charge is -2.23. The van der Waals surface area contributed by atoms with Crippen LogP contribution in [0.15, 0.2) is 24.4 Å². The van der Waals surface area contributed by atoms with Gasteiger partial charge in [0.05, 0.1) is 0 Å². The molecule has 2 aromatic rings. The monoisotopic (exact) mass is 269 g/mol. The Bertz CT molecular complexity index is 613. The Morgan fingerprint density at radius 2 is 2.00 bits per heavy atom. The Labute approximate surface area is 121 Å². The van der Waals surface area contributed by atoms with E-state index in [0.29, 0.717) is 6.04 Å². The fourth-order valence-corrected chi connectivity index (χ4v) is 2.80. The van der Waals surface area contributed by atoms with Crippen LogP contribution in [0.2, 0.25) is 0 Å². The minimum absolute atomic E-state index is 0.671. The third kappa shape index (κ3) is 2.33. The first-order chi connectivity index (χ1) is 9.74. The van der Waals surface area contributed by atoms with Crippen molar-refractivity contribution in [1.29, 1.82) is 0 Å². The van der Waals surface area contributed by atoms with Crippen LogP contribution in [0.1, 0.15) is 32.3 Å². The highest BCUT2D eigenvalue weighted by Crippen LogP contribution is 2.35. The molecule has 3 heteroatoms. The molecule has 1 heterocycles. The molecule has 0 unspecified atom stereocenters. The smallest absolute Gasteiger partial charge is 0.136 e. The van der Waals surface area contributed by atoms with Crippen molar-refractivity contribution in [2.75, 3.05) is 23.3 Å². The zero-order chi connectivity index (χ0) is 14.1. The number of anilines is 2. The summed E-state index contributed by atoms with van der Waals surface area (Å²) in [6.45, 7) is 8.50. The Hall–Kier alpha value is -1.77. The van der Waals surface area contributed by atoms with Gasteiger partial charge >= 0.3 is 0 Å². The summed E-state index contributed by atoms with van der Waals surface area (Å²) in [6, 6.07) is 7.20. The van der Waals surface area contributed by atoms with Crippen molar-refractivity contribution < 1.29 is 0 Å². The lowest BCUT2D eigenvalue weighted by Crippen LogP contribution is -2.23. The molecule has 0 spiro atoms. The van der Waals surface area contributed by atoms with E-state index in [1.54, 1.807) is 0 Å². The van der Waals surface area contributed by atoms with E-state index in [4.69, 9.17) is 0 Å². The number of aryl methyl sites for hydroxylation is 1. The molecule has 1 aromatic carbocycles. The van der Waals surface area contributed by atoms with Gasteiger partial charge in [0.15, 0.2) is 0 Å². The number of fused-ring (bicyclic) bond motifs is 1. The molecule has 1 aliphatic carbocycles. The van der Waals surface area contributed by atoms with E-state index < -0.39 is 0 Å². The second-order valence-electron chi connectivity index (χ2n) is 5.58. The van der Waals surface area contributed by atoms with E-state index in [9.17, 15) is 0 Å². The second-order valence-corrected chi connectivity index (χ2v) is 5.58. The van der Waals surface area contributed by atoms with E-state index in [1.807, 2.05) is 6.20 Å². The SMILES string of the molecule is CCN(CC)c1ncc(C)c2c(NC3CC3)cccc12. The van der Waals surface area contributed by atoms with Gasteiger partial charge in [-0.3, -0.25) is 0 Å². The highest BCUT2D eigenvalue weighted by atomic mass is 15.2. The van der Waals surface area contributed by atoms with Crippen LogP contribution in [-0.4, -0.2) is 24.1 Å². The van der Waals surface area contributed by atoms with Gasteiger partial charge in [0.2, 0.25) is 0 Å². The number of hydrogen-bond acceptors (Lipinski definition) is 3. The van der Waals surface area contributed by atoms with E-state index >= 15 is 0 Å². The van der Waals surface area contributed by atoms with Crippen LogP contribution >= 0.6 is 0 Å². The molecule has 3 nitrogen and oxygen atoms in total. The molecule has 106 valence electrons. The molecule has 0 radical (unpaired) electrons. The largest absolute Gasteiger partial charge is 0.382 e. The van der Waals surface area contributed by atoms with Crippen molar-refractivity contribution in [3.8, 4) is 0 Å². The highest BCUT2D eigenvalue weighted by molar-refractivity contribution is 6.02. The quantitative estimate of drug-likeness (QED) is 0.890.